The Morgan fingerprint density at radius 2 is 1.84 bits per heavy atom. The topological polar surface area (TPSA) is 56.3 Å². The number of nitrogens with zero attached hydrogens (tertiary/aromatic N) is 2. The molecule has 2 heterocycles. The molecule has 1 N–H and O–H groups in total. The van der Waals surface area contributed by atoms with Gasteiger partial charge in [-0.1, -0.05) is 0 Å². The Bertz CT molecular complexity index is 410. The lowest BCUT2D eigenvalue weighted by Crippen LogP contribution is -2.36. The quantitative estimate of drug-likeness (QED) is 0.924. The Balaban J connectivity index is 1.46. The van der Waals surface area contributed by atoms with E-state index in [1.165, 1.54) is 0 Å². The lowest BCUT2D eigenvalue weighted by molar-refractivity contribution is -0.181. The molecular formula is C13H18BrN3O2. The highest BCUT2D eigenvalue weighted by atomic mass is 79.9. The summed E-state index contributed by atoms with van der Waals surface area (Å²) in [7, 11) is 0. The summed E-state index contributed by atoms with van der Waals surface area (Å²) in [6, 6.07) is 0. The number of nitrogens with one attached hydrogen (secondary N) is 1. The maximum atomic E-state index is 5.73. The standard InChI is InChI=1S/C13H18BrN3O2/c14-11-8-16-12(17-9-11)15-7-10-1-3-13(4-2-10)18-5-6-19-13/h8-10H,1-7H2,(H,15,16,17). The minimum Gasteiger partial charge on any atom is -0.354 e. The lowest BCUT2D eigenvalue weighted by atomic mass is 9.85. The van der Waals surface area contributed by atoms with Crippen LogP contribution in [0.4, 0.5) is 5.95 Å². The highest BCUT2D eigenvalue weighted by Gasteiger charge is 2.40. The molecule has 0 bridgehead atoms. The molecule has 3 rings (SSSR count). The van der Waals surface area contributed by atoms with Crippen molar-refractivity contribution in [1.82, 2.24) is 9.97 Å². The summed E-state index contributed by atoms with van der Waals surface area (Å²) in [5.74, 6) is 1.08. The molecule has 0 aromatic carbocycles. The lowest BCUT2D eigenvalue weighted by Gasteiger charge is -2.35. The number of hydrogen-bond donors (Lipinski definition) is 1. The zero-order valence-electron chi connectivity index (χ0n) is 10.8. The van der Waals surface area contributed by atoms with Gasteiger partial charge in [-0.15, -0.1) is 0 Å². The van der Waals surface area contributed by atoms with Crippen molar-refractivity contribution in [3.8, 4) is 0 Å². The van der Waals surface area contributed by atoms with Gasteiger partial charge in [-0.05, 0) is 34.7 Å². The van der Waals surface area contributed by atoms with Crippen molar-refractivity contribution in [1.29, 1.82) is 0 Å². The van der Waals surface area contributed by atoms with Gasteiger partial charge in [-0.2, -0.15) is 0 Å². The molecule has 5 nitrogen and oxygen atoms in total. The van der Waals surface area contributed by atoms with Crippen LogP contribution in [0.5, 0.6) is 0 Å². The maximum absolute atomic E-state index is 5.73. The van der Waals surface area contributed by atoms with E-state index >= 15 is 0 Å². The van der Waals surface area contributed by atoms with E-state index in [2.05, 4.69) is 31.2 Å². The van der Waals surface area contributed by atoms with Gasteiger partial charge in [0, 0.05) is 31.8 Å². The first-order valence-electron chi connectivity index (χ1n) is 6.75. The van der Waals surface area contributed by atoms with Gasteiger partial charge >= 0.3 is 0 Å². The van der Waals surface area contributed by atoms with E-state index in [0.717, 1.165) is 49.9 Å². The van der Waals surface area contributed by atoms with E-state index in [-0.39, 0.29) is 5.79 Å². The van der Waals surface area contributed by atoms with Gasteiger partial charge in [0.15, 0.2) is 5.79 Å². The number of ether oxygens (including phenoxy) is 2. The van der Waals surface area contributed by atoms with Crippen molar-refractivity contribution < 1.29 is 9.47 Å². The molecule has 0 atom stereocenters. The molecule has 19 heavy (non-hydrogen) atoms. The summed E-state index contributed by atoms with van der Waals surface area (Å²) in [6.45, 7) is 2.41. The van der Waals surface area contributed by atoms with Crippen LogP contribution in [-0.4, -0.2) is 35.5 Å². The van der Waals surface area contributed by atoms with Gasteiger partial charge in [0.1, 0.15) is 0 Å². The van der Waals surface area contributed by atoms with Gasteiger partial charge in [0.2, 0.25) is 5.95 Å². The van der Waals surface area contributed by atoms with Gasteiger partial charge in [-0.3, -0.25) is 0 Å². The Labute approximate surface area is 121 Å². The van der Waals surface area contributed by atoms with Crippen LogP contribution in [0.1, 0.15) is 25.7 Å². The van der Waals surface area contributed by atoms with Crippen LogP contribution in [0.3, 0.4) is 0 Å². The van der Waals surface area contributed by atoms with Crippen molar-refractivity contribution in [2.45, 2.75) is 31.5 Å². The van der Waals surface area contributed by atoms with Gasteiger partial charge in [0.25, 0.3) is 0 Å². The third kappa shape index (κ3) is 3.24. The normalized spacial score (nSPS) is 22.8. The second-order valence-electron chi connectivity index (χ2n) is 5.16. The van der Waals surface area contributed by atoms with E-state index in [0.29, 0.717) is 11.9 Å². The summed E-state index contributed by atoms with van der Waals surface area (Å²) in [5, 5.41) is 3.30. The van der Waals surface area contributed by atoms with Crippen molar-refractivity contribution in [3.05, 3.63) is 16.9 Å². The largest absolute Gasteiger partial charge is 0.354 e. The summed E-state index contributed by atoms with van der Waals surface area (Å²) in [5.41, 5.74) is 0. The molecule has 1 aliphatic carbocycles. The minimum atomic E-state index is -0.259. The summed E-state index contributed by atoms with van der Waals surface area (Å²) < 4.78 is 12.4. The Morgan fingerprint density at radius 1 is 1.21 bits per heavy atom. The molecule has 2 fully saturated rings. The number of aromatic nitrogens is 2. The van der Waals surface area contributed by atoms with Crippen LogP contribution in [0.15, 0.2) is 16.9 Å². The third-order valence-corrected chi connectivity index (χ3v) is 4.26. The summed E-state index contributed by atoms with van der Waals surface area (Å²) >= 11 is 3.33. The second kappa shape index (κ2) is 5.73. The molecule has 1 saturated carbocycles. The Hall–Kier alpha value is -0.720. The van der Waals surface area contributed by atoms with Gasteiger partial charge in [0.05, 0.1) is 17.7 Å². The molecule has 1 saturated heterocycles. The van der Waals surface area contributed by atoms with Crippen LogP contribution in [-0.2, 0) is 9.47 Å². The van der Waals surface area contributed by atoms with Crippen molar-refractivity contribution >= 4 is 21.9 Å². The fraction of sp³-hybridized carbons (Fsp3) is 0.692. The molecular weight excluding hydrogens is 310 g/mol. The average molecular weight is 328 g/mol. The molecule has 1 aromatic rings. The van der Waals surface area contributed by atoms with E-state index in [9.17, 15) is 0 Å². The smallest absolute Gasteiger partial charge is 0.222 e. The van der Waals surface area contributed by atoms with Gasteiger partial charge < -0.3 is 14.8 Å². The Kier molecular flexibility index (Phi) is 4.00. The molecule has 2 aliphatic rings. The molecule has 104 valence electrons. The number of hydrogen-bond acceptors (Lipinski definition) is 5. The van der Waals surface area contributed by atoms with Crippen molar-refractivity contribution in [2.75, 3.05) is 25.1 Å². The monoisotopic (exact) mass is 327 g/mol. The first-order chi connectivity index (χ1) is 9.26. The molecule has 1 aliphatic heterocycles. The first-order valence-corrected chi connectivity index (χ1v) is 7.54. The van der Waals surface area contributed by atoms with Crippen molar-refractivity contribution in [2.24, 2.45) is 5.92 Å². The summed E-state index contributed by atoms with van der Waals surface area (Å²) in [4.78, 5) is 8.43. The highest BCUT2D eigenvalue weighted by molar-refractivity contribution is 9.10. The fourth-order valence-corrected chi connectivity index (χ4v) is 2.95. The predicted octanol–water partition coefficient (Wildman–Crippen LogP) is 2.58. The molecule has 0 amide bonds. The first kappa shape index (κ1) is 13.3. The van der Waals surface area contributed by atoms with E-state index in [4.69, 9.17) is 9.47 Å². The molecule has 0 radical (unpaired) electrons. The SMILES string of the molecule is Brc1cnc(NCC2CCC3(CC2)OCCO3)nc1. The maximum Gasteiger partial charge on any atom is 0.222 e. The number of anilines is 1. The molecule has 1 spiro atoms. The molecule has 0 unspecified atom stereocenters. The zero-order chi connectivity index (χ0) is 13.1. The van der Waals surface area contributed by atoms with Crippen LogP contribution in [0.2, 0.25) is 0 Å². The molecule has 6 heteroatoms. The van der Waals surface area contributed by atoms with Crippen molar-refractivity contribution in [3.63, 3.8) is 0 Å². The van der Waals surface area contributed by atoms with E-state index in [1.807, 2.05) is 0 Å². The average Bonchev–Trinajstić information content (AvgIpc) is 2.89. The Morgan fingerprint density at radius 3 is 2.47 bits per heavy atom. The highest BCUT2D eigenvalue weighted by Crippen LogP contribution is 2.38. The van der Waals surface area contributed by atoms with Crippen LogP contribution in [0, 0.1) is 5.92 Å². The van der Waals surface area contributed by atoms with Crippen LogP contribution >= 0.6 is 15.9 Å². The van der Waals surface area contributed by atoms with E-state index in [1.54, 1.807) is 12.4 Å². The third-order valence-electron chi connectivity index (χ3n) is 3.85. The number of rotatable bonds is 3. The molecule has 1 aromatic heterocycles. The minimum absolute atomic E-state index is 0.259. The van der Waals surface area contributed by atoms with Crippen LogP contribution < -0.4 is 5.32 Å². The van der Waals surface area contributed by atoms with E-state index < -0.39 is 0 Å². The van der Waals surface area contributed by atoms with Crippen LogP contribution in [0.25, 0.3) is 0 Å². The van der Waals surface area contributed by atoms with Gasteiger partial charge in [-0.25, -0.2) is 9.97 Å². The zero-order valence-corrected chi connectivity index (χ0v) is 12.4. The fourth-order valence-electron chi connectivity index (χ4n) is 2.75. The summed E-state index contributed by atoms with van der Waals surface area (Å²) in [6.07, 6.45) is 7.77. The number of halogens is 1. The second-order valence-corrected chi connectivity index (χ2v) is 6.07. The predicted molar refractivity (Wildman–Crippen MR) is 74.8 cm³/mol.